The molecular formula is C19H29N5O3. The lowest BCUT2D eigenvalue weighted by atomic mass is 9.99. The normalized spacial score (nSPS) is 17.0. The Morgan fingerprint density at radius 2 is 2.11 bits per heavy atom. The number of fused-ring (bicyclic) bond motifs is 1. The summed E-state index contributed by atoms with van der Waals surface area (Å²) in [5.41, 5.74) is 1.54. The van der Waals surface area contributed by atoms with E-state index < -0.39 is 0 Å². The Kier molecular flexibility index (Phi) is 5.82. The summed E-state index contributed by atoms with van der Waals surface area (Å²) in [4.78, 5) is 25.2. The molecule has 1 N–H and O–H groups in total. The smallest absolute Gasteiger partial charge is 0.346 e. The van der Waals surface area contributed by atoms with E-state index in [9.17, 15) is 9.59 Å². The maximum Gasteiger partial charge on any atom is 0.346 e. The van der Waals surface area contributed by atoms with Crippen LogP contribution in [0.15, 0.2) is 9.32 Å². The highest BCUT2D eigenvalue weighted by Crippen LogP contribution is 2.19. The molecule has 0 bridgehead atoms. The minimum absolute atomic E-state index is 0.0609. The molecule has 3 heterocycles. The molecule has 0 spiro atoms. The molecule has 0 saturated heterocycles. The molecule has 1 unspecified atom stereocenters. The average molecular weight is 375 g/mol. The van der Waals surface area contributed by atoms with Crippen LogP contribution in [0.25, 0.3) is 0 Å². The molecule has 2 aromatic rings. The number of hydrogen-bond donors (Lipinski definition) is 1. The Labute approximate surface area is 158 Å². The van der Waals surface area contributed by atoms with Crippen LogP contribution in [0.4, 0.5) is 0 Å². The van der Waals surface area contributed by atoms with Crippen LogP contribution in [0.5, 0.6) is 0 Å². The number of carbonyl (C=O) groups excluding carboxylic acids is 1. The summed E-state index contributed by atoms with van der Waals surface area (Å²) >= 11 is 0. The van der Waals surface area contributed by atoms with Gasteiger partial charge in [0.15, 0.2) is 0 Å². The van der Waals surface area contributed by atoms with Gasteiger partial charge >= 0.3 is 5.69 Å². The fourth-order valence-corrected chi connectivity index (χ4v) is 3.50. The van der Waals surface area contributed by atoms with Crippen molar-refractivity contribution in [3.63, 3.8) is 0 Å². The topological polar surface area (TPSA) is 94.9 Å². The van der Waals surface area contributed by atoms with Crippen molar-refractivity contribution >= 4 is 5.91 Å². The third-order valence-corrected chi connectivity index (χ3v) is 5.30. The molecule has 0 aromatic carbocycles. The van der Waals surface area contributed by atoms with Crippen molar-refractivity contribution in [2.75, 3.05) is 6.54 Å². The monoisotopic (exact) mass is 375 g/mol. The second-order valence-electron chi connectivity index (χ2n) is 7.81. The summed E-state index contributed by atoms with van der Waals surface area (Å²) in [5, 5.41) is 11.5. The van der Waals surface area contributed by atoms with E-state index in [-0.39, 0.29) is 17.5 Å². The largest absolute Gasteiger partial charge is 0.361 e. The molecule has 1 aliphatic heterocycles. The summed E-state index contributed by atoms with van der Waals surface area (Å²) in [7, 11) is 0. The Hall–Kier alpha value is -2.38. The molecule has 0 saturated carbocycles. The summed E-state index contributed by atoms with van der Waals surface area (Å²) < 4.78 is 8.36. The quantitative estimate of drug-likeness (QED) is 0.831. The lowest BCUT2D eigenvalue weighted by Gasteiger charge is -2.14. The van der Waals surface area contributed by atoms with E-state index in [4.69, 9.17) is 4.52 Å². The Morgan fingerprint density at radius 1 is 1.33 bits per heavy atom. The van der Waals surface area contributed by atoms with E-state index >= 15 is 0 Å². The molecule has 2 aromatic heterocycles. The Balaban J connectivity index is 1.66. The van der Waals surface area contributed by atoms with E-state index in [2.05, 4.69) is 29.4 Å². The van der Waals surface area contributed by atoms with Crippen molar-refractivity contribution in [3.05, 3.63) is 33.3 Å². The number of hydrogen-bond acceptors (Lipinski definition) is 5. The number of carbonyl (C=O) groups is 1. The van der Waals surface area contributed by atoms with Crippen LogP contribution in [0.1, 0.15) is 56.0 Å². The molecule has 3 rings (SSSR count). The number of rotatable bonds is 6. The highest BCUT2D eigenvalue weighted by atomic mass is 16.5. The number of aromatic nitrogens is 4. The standard InChI is InChI=1S/C19H29N5O3/c1-12(2)7-9-20-18(25)15-5-6-17-21-24(19(26)23(17)10-8-15)11-16-13(3)22-27-14(16)4/h12,15H,5-11H2,1-4H3,(H,20,25). The van der Waals surface area contributed by atoms with E-state index in [1.54, 1.807) is 4.57 Å². The van der Waals surface area contributed by atoms with Crippen molar-refractivity contribution in [2.24, 2.45) is 11.8 Å². The summed E-state index contributed by atoms with van der Waals surface area (Å²) in [6.07, 6.45) is 2.99. The minimum Gasteiger partial charge on any atom is -0.361 e. The van der Waals surface area contributed by atoms with Crippen LogP contribution in [0.3, 0.4) is 0 Å². The van der Waals surface area contributed by atoms with Gasteiger partial charge in [0.25, 0.3) is 0 Å². The van der Waals surface area contributed by atoms with Crippen LogP contribution in [-0.2, 0) is 24.3 Å². The lowest BCUT2D eigenvalue weighted by Crippen LogP contribution is -2.33. The van der Waals surface area contributed by atoms with Gasteiger partial charge in [-0.15, -0.1) is 0 Å². The van der Waals surface area contributed by atoms with E-state index in [0.29, 0.717) is 44.2 Å². The molecule has 1 aliphatic rings. The average Bonchev–Trinajstić information content (AvgIpc) is 2.99. The van der Waals surface area contributed by atoms with Crippen molar-refractivity contribution < 1.29 is 9.32 Å². The number of aryl methyl sites for hydroxylation is 3. The fourth-order valence-electron chi connectivity index (χ4n) is 3.50. The summed E-state index contributed by atoms with van der Waals surface area (Å²) in [5.74, 6) is 2.07. The van der Waals surface area contributed by atoms with Gasteiger partial charge in [-0.05, 0) is 39.0 Å². The van der Waals surface area contributed by atoms with Crippen molar-refractivity contribution in [3.8, 4) is 0 Å². The first kappa shape index (κ1) is 19.4. The van der Waals surface area contributed by atoms with Gasteiger partial charge < -0.3 is 9.84 Å². The van der Waals surface area contributed by atoms with Gasteiger partial charge in [0.1, 0.15) is 11.6 Å². The molecular weight excluding hydrogens is 346 g/mol. The zero-order valence-corrected chi connectivity index (χ0v) is 16.6. The lowest BCUT2D eigenvalue weighted by molar-refractivity contribution is -0.125. The van der Waals surface area contributed by atoms with Crippen molar-refractivity contribution in [1.29, 1.82) is 0 Å². The SMILES string of the molecule is Cc1noc(C)c1Cn1nc2n(c1=O)CCC(C(=O)NCCC(C)C)CC2. The first-order chi connectivity index (χ1) is 12.9. The second kappa shape index (κ2) is 8.10. The summed E-state index contributed by atoms with van der Waals surface area (Å²) in [6.45, 7) is 9.58. The van der Waals surface area contributed by atoms with Crippen molar-refractivity contribution in [1.82, 2.24) is 24.8 Å². The number of amides is 1. The number of nitrogens with zero attached hydrogens (tertiary/aromatic N) is 4. The molecule has 8 heteroatoms. The van der Waals surface area contributed by atoms with Crippen LogP contribution in [0, 0.1) is 25.7 Å². The Morgan fingerprint density at radius 3 is 2.78 bits per heavy atom. The van der Waals surface area contributed by atoms with Crippen LogP contribution < -0.4 is 11.0 Å². The van der Waals surface area contributed by atoms with E-state index in [1.807, 2.05) is 13.8 Å². The predicted octanol–water partition coefficient (Wildman–Crippen LogP) is 1.81. The van der Waals surface area contributed by atoms with Crippen LogP contribution in [-0.4, -0.2) is 32.0 Å². The first-order valence-electron chi connectivity index (χ1n) is 9.72. The maximum absolute atomic E-state index is 12.8. The molecule has 27 heavy (non-hydrogen) atoms. The minimum atomic E-state index is -0.133. The van der Waals surface area contributed by atoms with Crippen LogP contribution >= 0.6 is 0 Å². The molecule has 8 nitrogen and oxygen atoms in total. The zero-order chi connectivity index (χ0) is 19.6. The molecule has 0 aliphatic carbocycles. The van der Waals surface area contributed by atoms with Gasteiger partial charge in [-0.25, -0.2) is 9.48 Å². The molecule has 148 valence electrons. The highest BCUT2D eigenvalue weighted by molar-refractivity contribution is 5.78. The molecule has 1 amide bonds. The van der Waals surface area contributed by atoms with Gasteiger partial charge in [0.05, 0.1) is 12.2 Å². The van der Waals surface area contributed by atoms with Gasteiger partial charge in [0, 0.05) is 31.0 Å². The fraction of sp³-hybridized carbons (Fsp3) is 0.684. The van der Waals surface area contributed by atoms with Gasteiger partial charge in [-0.2, -0.15) is 5.10 Å². The molecule has 0 fully saturated rings. The second-order valence-corrected chi connectivity index (χ2v) is 7.81. The van der Waals surface area contributed by atoms with E-state index in [1.165, 1.54) is 4.68 Å². The van der Waals surface area contributed by atoms with Crippen LogP contribution in [0.2, 0.25) is 0 Å². The van der Waals surface area contributed by atoms with Gasteiger partial charge in [-0.3, -0.25) is 9.36 Å². The van der Waals surface area contributed by atoms with Gasteiger partial charge in [-0.1, -0.05) is 19.0 Å². The Bertz CT molecular complexity index is 842. The van der Waals surface area contributed by atoms with Crippen molar-refractivity contribution in [2.45, 2.75) is 66.5 Å². The summed E-state index contributed by atoms with van der Waals surface area (Å²) in [6, 6.07) is 0. The molecule has 0 radical (unpaired) electrons. The number of nitrogens with one attached hydrogen (secondary N) is 1. The maximum atomic E-state index is 12.8. The third-order valence-electron chi connectivity index (χ3n) is 5.30. The predicted molar refractivity (Wildman–Crippen MR) is 100 cm³/mol. The highest BCUT2D eigenvalue weighted by Gasteiger charge is 2.25. The first-order valence-corrected chi connectivity index (χ1v) is 9.72. The third kappa shape index (κ3) is 4.31. The molecule has 1 atom stereocenters. The zero-order valence-electron chi connectivity index (χ0n) is 16.6. The van der Waals surface area contributed by atoms with E-state index in [0.717, 1.165) is 29.9 Å². The van der Waals surface area contributed by atoms with Gasteiger partial charge in [0.2, 0.25) is 5.91 Å².